The summed E-state index contributed by atoms with van der Waals surface area (Å²) in [5, 5.41) is 13.0. The molecule has 0 saturated heterocycles. The van der Waals surface area contributed by atoms with Crippen molar-refractivity contribution in [2.24, 2.45) is 5.92 Å². The lowest BCUT2D eigenvalue weighted by molar-refractivity contribution is 0.144. The molecular formula is C12H19NO2. The van der Waals surface area contributed by atoms with Gasteiger partial charge in [0, 0.05) is 6.54 Å². The highest BCUT2D eigenvalue weighted by Crippen LogP contribution is 2.32. The number of furan rings is 1. The molecule has 84 valence electrons. The van der Waals surface area contributed by atoms with Crippen molar-refractivity contribution in [3.8, 4) is 0 Å². The fourth-order valence-electron chi connectivity index (χ4n) is 1.73. The van der Waals surface area contributed by atoms with Crippen molar-refractivity contribution in [2.75, 3.05) is 6.54 Å². The molecule has 1 aliphatic rings. The Bertz CT molecular complexity index is 317. The van der Waals surface area contributed by atoms with Crippen LogP contribution in [0.5, 0.6) is 0 Å². The van der Waals surface area contributed by atoms with Gasteiger partial charge in [-0.1, -0.05) is 0 Å². The van der Waals surface area contributed by atoms with E-state index in [2.05, 4.69) is 12.2 Å². The Labute approximate surface area is 90.5 Å². The molecule has 3 heteroatoms. The molecule has 2 N–H and O–H groups in total. The largest absolute Gasteiger partial charge is 0.465 e. The zero-order chi connectivity index (χ0) is 10.8. The SMILES string of the molecule is Cc1ccc(C(C)NCC(O)C2CC2)o1. The van der Waals surface area contributed by atoms with Crippen molar-refractivity contribution < 1.29 is 9.52 Å². The number of aliphatic hydroxyl groups is 1. The van der Waals surface area contributed by atoms with E-state index in [0.717, 1.165) is 11.5 Å². The molecule has 0 bridgehead atoms. The van der Waals surface area contributed by atoms with Gasteiger partial charge in [0.15, 0.2) is 0 Å². The first-order chi connectivity index (χ1) is 7.16. The van der Waals surface area contributed by atoms with Gasteiger partial charge < -0.3 is 14.8 Å². The Morgan fingerprint density at radius 3 is 2.80 bits per heavy atom. The van der Waals surface area contributed by atoms with E-state index < -0.39 is 0 Å². The van der Waals surface area contributed by atoms with Crippen LogP contribution in [0.4, 0.5) is 0 Å². The zero-order valence-corrected chi connectivity index (χ0v) is 9.36. The number of hydrogen-bond acceptors (Lipinski definition) is 3. The van der Waals surface area contributed by atoms with Crippen LogP contribution < -0.4 is 5.32 Å². The molecule has 1 aliphatic carbocycles. The summed E-state index contributed by atoms with van der Waals surface area (Å²) in [4.78, 5) is 0. The van der Waals surface area contributed by atoms with E-state index in [1.807, 2.05) is 19.1 Å². The van der Waals surface area contributed by atoms with Gasteiger partial charge in [-0.25, -0.2) is 0 Å². The average molecular weight is 209 g/mol. The lowest BCUT2D eigenvalue weighted by Crippen LogP contribution is -2.30. The van der Waals surface area contributed by atoms with Gasteiger partial charge >= 0.3 is 0 Å². The zero-order valence-electron chi connectivity index (χ0n) is 9.36. The number of hydrogen-bond donors (Lipinski definition) is 2. The van der Waals surface area contributed by atoms with Crippen LogP contribution in [0.1, 0.15) is 37.3 Å². The van der Waals surface area contributed by atoms with Crippen LogP contribution in [0, 0.1) is 12.8 Å². The molecule has 0 spiro atoms. The molecule has 1 fully saturated rings. The molecular weight excluding hydrogens is 190 g/mol. The third-order valence-electron chi connectivity index (χ3n) is 2.99. The molecule has 1 heterocycles. The maximum absolute atomic E-state index is 9.70. The number of aryl methyl sites for hydroxylation is 1. The fraction of sp³-hybridized carbons (Fsp3) is 0.667. The summed E-state index contributed by atoms with van der Waals surface area (Å²) in [6, 6.07) is 4.12. The van der Waals surface area contributed by atoms with E-state index in [1.165, 1.54) is 12.8 Å². The second kappa shape index (κ2) is 4.37. The third-order valence-corrected chi connectivity index (χ3v) is 2.99. The molecule has 0 aromatic carbocycles. The quantitative estimate of drug-likeness (QED) is 0.779. The predicted molar refractivity (Wildman–Crippen MR) is 58.6 cm³/mol. The highest BCUT2D eigenvalue weighted by Gasteiger charge is 2.29. The fourth-order valence-corrected chi connectivity index (χ4v) is 1.73. The molecule has 1 aromatic heterocycles. The molecule has 1 saturated carbocycles. The maximum atomic E-state index is 9.70. The van der Waals surface area contributed by atoms with Crippen molar-refractivity contribution in [2.45, 2.75) is 38.8 Å². The minimum Gasteiger partial charge on any atom is -0.465 e. The minimum atomic E-state index is -0.191. The normalized spacial score (nSPS) is 20.2. The van der Waals surface area contributed by atoms with Crippen molar-refractivity contribution in [3.05, 3.63) is 23.7 Å². The highest BCUT2D eigenvalue weighted by molar-refractivity contribution is 5.08. The van der Waals surface area contributed by atoms with Crippen molar-refractivity contribution in [3.63, 3.8) is 0 Å². The maximum Gasteiger partial charge on any atom is 0.120 e. The second-order valence-electron chi connectivity index (χ2n) is 4.48. The van der Waals surface area contributed by atoms with E-state index in [-0.39, 0.29) is 12.1 Å². The standard InChI is InChI=1S/C12H19NO2/c1-8-3-6-12(15-8)9(2)13-7-11(14)10-4-5-10/h3,6,9-11,13-14H,4-5,7H2,1-2H3. The third kappa shape index (κ3) is 2.83. The number of nitrogens with one attached hydrogen (secondary N) is 1. The van der Waals surface area contributed by atoms with Crippen LogP contribution in [-0.2, 0) is 0 Å². The van der Waals surface area contributed by atoms with Crippen LogP contribution in [0.25, 0.3) is 0 Å². The summed E-state index contributed by atoms with van der Waals surface area (Å²) >= 11 is 0. The van der Waals surface area contributed by atoms with E-state index in [9.17, 15) is 5.11 Å². The molecule has 2 atom stereocenters. The smallest absolute Gasteiger partial charge is 0.120 e. The first-order valence-corrected chi connectivity index (χ1v) is 5.64. The van der Waals surface area contributed by atoms with Crippen LogP contribution in [0.15, 0.2) is 16.5 Å². The average Bonchev–Trinajstić information content (AvgIpc) is 2.97. The Kier molecular flexibility index (Phi) is 3.12. The van der Waals surface area contributed by atoms with Gasteiger partial charge in [-0.3, -0.25) is 0 Å². The molecule has 15 heavy (non-hydrogen) atoms. The van der Waals surface area contributed by atoms with Crippen LogP contribution in [-0.4, -0.2) is 17.8 Å². The van der Waals surface area contributed by atoms with Gasteiger partial charge in [-0.15, -0.1) is 0 Å². The monoisotopic (exact) mass is 209 g/mol. The van der Waals surface area contributed by atoms with Crippen LogP contribution in [0.2, 0.25) is 0 Å². The topological polar surface area (TPSA) is 45.4 Å². The summed E-state index contributed by atoms with van der Waals surface area (Å²) in [5.74, 6) is 2.40. The summed E-state index contributed by atoms with van der Waals surface area (Å²) < 4.78 is 5.51. The van der Waals surface area contributed by atoms with Gasteiger partial charge in [-0.2, -0.15) is 0 Å². The number of rotatable bonds is 5. The van der Waals surface area contributed by atoms with Crippen LogP contribution >= 0.6 is 0 Å². The summed E-state index contributed by atoms with van der Waals surface area (Å²) in [5.41, 5.74) is 0. The van der Waals surface area contributed by atoms with Crippen molar-refractivity contribution in [1.29, 1.82) is 0 Å². The van der Waals surface area contributed by atoms with Gasteiger partial charge in [0.1, 0.15) is 11.5 Å². The Hall–Kier alpha value is -0.800. The summed E-state index contributed by atoms with van der Waals surface area (Å²) in [6.45, 7) is 4.65. The minimum absolute atomic E-state index is 0.173. The molecule has 3 nitrogen and oxygen atoms in total. The van der Waals surface area contributed by atoms with E-state index in [0.29, 0.717) is 12.5 Å². The van der Waals surface area contributed by atoms with Crippen molar-refractivity contribution >= 4 is 0 Å². The molecule has 0 amide bonds. The van der Waals surface area contributed by atoms with Gasteiger partial charge in [0.25, 0.3) is 0 Å². The van der Waals surface area contributed by atoms with E-state index in [4.69, 9.17) is 4.42 Å². The predicted octanol–water partition coefficient (Wildman–Crippen LogP) is 2.01. The molecule has 0 radical (unpaired) electrons. The molecule has 2 unspecified atom stereocenters. The first-order valence-electron chi connectivity index (χ1n) is 5.64. The molecule has 1 aromatic rings. The highest BCUT2D eigenvalue weighted by atomic mass is 16.3. The van der Waals surface area contributed by atoms with Gasteiger partial charge in [0.05, 0.1) is 12.1 Å². The second-order valence-corrected chi connectivity index (χ2v) is 4.48. The van der Waals surface area contributed by atoms with Gasteiger partial charge in [0.2, 0.25) is 0 Å². The van der Waals surface area contributed by atoms with E-state index in [1.54, 1.807) is 0 Å². The Morgan fingerprint density at radius 2 is 2.27 bits per heavy atom. The number of aliphatic hydroxyl groups excluding tert-OH is 1. The van der Waals surface area contributed by atoms with Crippen LogP contribution in [0.3, 0.4) is 0 Å². The summed E-state index contributed by atoms with van der Waals surface area (Å²) in [6.07, 6.45) is 2.16. The molecule has 2 rings (SSSR count). The lowest BCUT2D eigenvalue weighted by atomic mass is 10.2. The Balaban J connectivity index is 1.78. The van der Waals surface area contributed by atoms with Gasteiger partial charge in [-0.05, 0) is 44.7 Å². The van der Waals surface area contributed by atoms with Crippen molar-refractivity contribution in [1.82, 2.24) is 5.32 Å². The summed E-state index contributed by atoms with van der Waals surface area (Å²) in [7, 11) is 0. The first kappa shape index (κ1) is 10.7. The van der Waals surface area contributed by atoms with E-state index >= 15 is 0 Å². The molecule has 0 aliphatic heterocycles. The Morgan fingerprint density at radius 1 is 1.53 bits per heavy atom. The lowest BCUT2D eigenvalue weighted by Gasteiger charge is -2.14.